The summed E-state index contributed by atoms with van der Waals surface area (Å²) >= 11 is 0. The van der Waals surface area contributed by atoms with E-state index < -0.39 is 0 Å². The lowest BCUT2D eigenvalue weighted by molar-refractivity contribution is 0.102. The first-order valence-corrected chi connectivity index (χ1v) is 7.59. The molecule has 2 aromatic heterocycles. The van der Waals surface area contributed by atoms with Gasteiger partial charge in [-0.3, -0.25) is 4.79 Å². The molecule has 0 aliphatic heterocycles. The third-order valence-corrected chi connectivity index (χ3v) is 3.60. The van der Waals surface area contributed by atoms with Crippen molar-refractivity contribution in [3.05, 3.63) is 53.5 Å². The largest absolute Gasteiger partial charge is 0.497 e. The molecule has 0 unspecified atom stereocenters. The Bertz CT molecular complexity index is 917. The van der Waals surface area contributed by atoms with Crippen LogP contribution in [-0.2, 0) is 0 Å². The van der Waals surface area contributed by atoms with E-state index in [2.05, 4.69) is 20.4 Å². The first kappa shape index (κ1) is 16.4. The third-order valence-electron chi connectivity index (χ3n) is 3.60. The number of amides is 1. The average molecular weight is 338 g/mol. The molecule has 0 fully saturated rings. The molecule has 1 amide bonds. The molecule has 8 nitrogen and oxygen atoms in total. The fourth-order valence-corrected chi connectivity index (χ4v) is 2.37. The molecule has 0 aliphatic rings. The molecule has 0 saturated heterocycles. The number of benzene rings is 1. The number of carbonyl (C=O) groups is 1. The number of hydrogen-bond acceptors (Lipinski definition) is 6. The van der Waals surface area contributed by atoms with Gasteiger partial charge in [-0.25, -0.2) is 9.67 Å². The molecule has 0 bridgehead atoms. The van der Waals surface area contributed by atoms with E-state index in [9.17, 15) is 4.79 Å². The Kier molecular flexibility index (Phi) is 4.34. The molecule has 1 aromatic carbocycles. The number of nitrogen functional groups attached to an aromatic ring is 1. The first-order valence-electron chi connectivity index (χ1n) is 7.59. The Morgan fingerprint density at radius 2 is 1.96 bits per heavy atom. The summed E-state index contributed by atoms with van der Waals surface area (Å²) in [6.07, 6.45) is 1.40. The van der Waals surface area contributed by atoms with Crippen LogP contribution < -0.4 is 15.8 Å². The molecule has 0 radical (unpaired) electrons. The van der Waals surface area contributed by atoms with Gasteiger partial charge < -0.3 is 15.8 Å². The highest BCUT2D eigenvalue weighted by Crippen LogP contribution is 2.18. The molecule has 3 N–H and O–H groups in total. The molecule has 0 spiro atoms. The predicted molar refractivity (Wildman–Crippen MR) is 94.0 cm³/mol. The number of methoxy groups -OCH3 is 1. The normalized spacial score (nSPS) is 10.5. The number of rotatable bonds is 4. The van der Waals surface area contributed by atoms with Crippen molar-refractivity contribution in [3.63, 3.8) is 0 Å². The van der Waals surface area contributed by atoms with Gasteiger partial charge in [0.15, 0.2) is 0 Å². The summed E-state index contributed by atoms with van der Waals surface area (Å²) in [5.74, 6) is 0.727. The van der Waals surface area contributed by atoms with E-state index in [1.54, 1.807) is 36.1 Å². The van der Waals surface area contributed by atoms with Crippen LogP contribution in [0.3, 0.4) is 0 Å². The van der Waals surface area contributed by atoms with Crippen LogP contribution in [0, 0.1) is 13.8 Å². The first-order chi connectivity index (χ1) is 12.0. The van der Waals surface area contributed by atoms with Crippen molar-refractivity contribution in [3.8, 4) is 11.7 Å². The van der Waals surface area contributed by atoms with Crippen molar-refractivity contribution < 1.29 is 9.53 Å². The lowest BCUT2D eigenvalue weighted by Gasteiger charge is -2.09. The van der Waals surface area contributed by atoms with E-state index in [1.165, 1.54) is 6.20 Å². The SMILES string of the molecule is COc1ccc(NC(=O)c2cnc(-n3nc(C)cc3C)nc2N)cc1. The van der Waals surface area contributed by atoms with Gasteiger partial charge in [0.25, 0.3) is 11.9 Å². The summed E-state index contributed by atoms with van der Waals surface area (Å²) < 4.78 is 6.66. The second kappa shape index (κ2) is 6.60. The second-order valence-corrected chi connectivity index (χ2v) is 5.49. The standard InChI is InChI=1S/C17H18N6O2/c1-10-8-11(2)23(22-10)17-19-9-14(15(18)21-17)16(24)20-12-4-6-13(25-3)7-5-12/h4-9H,1-3H3,(H,20,24)(H2,18,19,21). The minimum atomic E-state index is -0.386. The van der Waals surface area contributed by atoms with Crippen molar-refractivity contribution in [2.45, 2.75) is 13.8 Å². The smallest absolute Gasteiger partial charge is 0.260 e. The Morgan fingerprint density at radius 1 is 1.24 bits per heavy atom. The van der Waals surface area contributed by atoms with E-state index >= 15 is 0 Å². The van der Waals surface area contributed by atoms with Crippen molar-refractivity contribution in [2.75, 3.05) is 18.2 Å². The predicted octanol–water partition coefficient (Wildman–Crippen LogP) is 2.12. The van der Waals surface area contributed by atoms with Crippen molar-refractivity contribution in [2.24, 2.45) is 0 Å². The number of hydrogen-bond donors (Lipinski definition) is 2. The van der Waals surface area contributed by atoms with Gasteiger partial charge in [-0.1, -0.05) is 0 Å². The Balaban J connectivity index is 1.82. The van der Waals surface area contributed by atoms with Crippen LogP contribution in [0.25, 0.3) is 5.95 Å². The van der Waals surface area contributed by atoms with Gasteiger partial charge in [0.05, 0.1) is 12.8 Å². The van der Waals surface area contributed by atoms with E-state index in [0.717, 1.165) is 11.4 Å². The van der Waals surface area contributed by atoms with E-state index in [-0.39, 0.29) is 17.3 Å². The summed E-state index contributed by atoms with van der Waals surface area (Å²) in [6, 6.07) is 8.88. The van der Waals surface area contributed by atoms with Crippen molar-refractivity contribution in [1.82, 2.24) is 19.7 Å². The molecule has 25 heavy (non-hydrogen) atoms. The third kappa shape index (κ3) is 3.42. The highest BCUT2D eigenvalue weighted by molar-refractivity contribution is 6.07. The maximum absolute atomic E-state index is 12.4. The number of carbonyl (C=O) groups excluding carboxylic acids is 1. The molecular weight excluding hydrogens is 320 g/mol. The summed E-state index contributed by atoms with van der Waals surface area (Å²) in [6.45, 7) is 3.77. The summed E-state index contributed by atoms with van der Waals surface area (Å²) in [4.78, 5) is 20.8. The molecule has 0 aliphatic carbocycles. The van der Waals surface area contributed by atoms with Crippen LogP contribution in [0.2, 0.25) is 0 Å². The van der Waals surface area contributed by atoms with Gasteiger partial charge in [-0.2, -0.15) is 10.1 Å². The number of anilines is 2. The number of nitrogens with two attached hydrogens (primary N) is 1. The molecule has 0 saturated carbocycles. The Morgan fingerprint density at radius 3 is 2.52 bits per heavy atom. The number of aryl methyl sites for hydroxylation is 2. The monoisotopic (exact) mass is 338 g/mol. The molecule has 0 atom stereocenters. The number of ether oxygens (including phenoxy) is 1. The highest BCUT2D eigenvalue weighted by atomic mass is 16.5. The average Bonchev–Trinajstić information content (AvgIpc) is 2.93. The van der Waals surface area contributed by atoms with Crippen molar-refractivity contribution >= 4 is 17.4 Å². The molecule has 8 heteroatoms. The molecular formula is C17H18N6O2. The highest BCUT2D eigenvalue weighted by Gasteiger charge is 2.15. The second-order valence-electron chi connectivity index (χ2n) is 5.49. The van der Waals surface area contributed by atoms with Gasteiger partial charge in [0.2, 0.25) is 0 Å². The maximum Gasteiger partial charge on any atom is 0.260 e. The quantitative estimate of drug-likeness (QED) is 0.754. The van der Waals surface area contributed by atoms with Crippen LogP contribution >= 0.6 is 0 Å². The molecule has 2 heterocycles. The molecule has 3 aromatic rings. The van der Waals surface area contributed by atoms with Gasteiger partial charge in [0.1, 0.15) is 17.1 Å². The summed E-state index contributed by atoms with van der Waals surface area (Å²) in [5.41, 5.74) is 8.49. The van der Waals surface area contributed by atoms with Crippen LogP contribution in [0.5, 0.6) is 5.75 Å². The van der Waals surface area contributed by atoms with Crippen LogP contribution in [0.4, 0.5) is 11.5 Å². The number of nitrogens with one attached hydrogen (secondary N) is 1. The van der Waals surface area contributed by atoms with Gasteiger partial charge >= 0.3 is 0 Å². The molecule has 3 rings (SSSR count). The minimum absolute atomic E-state index is 0.0866. The van der Waals surface area contributed by atoms with E-state index in [1.807, 2.05) is 19.9 Å². The van der Waals surface area contributed by atoms with E-state index in [0.29, 0.717) is 17.4 Å². The molecule has 128 valence electrons. The van der Waals surface area contributed by atoms with Gasteiger partial charge in [0, 0.05) is 17.6 Å². The summed E-state index contributed by atoms with van der Waals surface area (Å²) in [7, 11) is 1.58. The van der Waals surface area contributed by atoms with Gasteiger partial charge in [-0.05, 0) is 44.2 Å². The van der Waals surface area contributed by atoms with Crippen LogP contribution in [0.1, 0.15) is 21.7 Å². The fraction of sp³-hybridized carbons (Fsp3) is 0.176. The Labute approximate surface area is 144 Å². The topological polar surface area (TPSA) is 108 Å². The zero-order chi connectivity index (χ0) is 18.0. The number of aromatic nitrogens is 4. The Hall–Kier alpha value is -3.42. The summed E-state index contributed by atoms with van der Waals surface area (Å²) in [5, 5.41) is 7.05. The van der Waals surface area contributed by atoms with E-state index in [4.69, 9.17) is 10.5 Å². The lowest BCUT2D eigenvalue weighted by atomic mass is 10.2. The van der Waals surface area contributed by atoms with Gasteiger partial charge in [-0.15, -0.1) is 0 Å². The minimum Gasteiger partial charge on any atom is -0.497 e. The van der Waals surface area contributed by atoms with Crippen LogP contribution in [-0.4, -0.2) is 32.8 Å². The number of nitrogens with zero attached hydrogens (tertiary/aromatic N) is 4. The van der Waals surface area contributed by atoms with Crippen LogP contribution in [0.15, 0.2) is 36.5 Å². The lowest BCUT2D eigenvalue weighted by Crippen LogP contribution is -2.17. The zero-order valence-corrected chi connectivity index (χ0v) is 14.1. The van der Waals surface area contributed by atoms with Crippen molar-refractivity contribution in [1.29, 1.82) is 0 Å². The zero-order valence-electron chi connectivity index (χ0n) is 14.1. The fourth-order valence-electron chi connectivity index (χ4n) is 2.37. The maximum atomic E-state index is 12.4.